The number of fused-ring (bicyclic) bond motifs is 1. The van der Waals surface area contributed by atoms with Crippen molar-refractivity contribution in [1.29, 1.82) is 0 Å². The van der Waals surface area contributed by atoms with Gasteiger partial charge in [-0.25, -0.2) is 9.31 Å². The maximum Gasteiger partial charge on any atom is 0.340 e. The number of aliphatic hydroxyl groups excluding tert-OH is 1. The number of rotatable bonds is 4. The molecule has 0 saturated carbocycles. The summed E-state index contributed by atoms with van der Waals surface area (Å²) < 4.78 is 6.58. The molecule has 3 heterocycles. The Bertz CT molecular complexity index is 958. The molecule has 0 spiro atoms. The molecule has 1 unspecified atom stereocenters. The summed E-state index contributed by atoms with van der Waals surface area (Å²) in [5.74, 6) is -0.485. The molecule has 0 bridgehead atoms. The van der Waals surface area contributed by atoms with Gasteiger partial charge in [0.1, 0.15) is 6.10 Å². The van der Waals surface area contributed by atoms with Gasteiger partial charge in [0.2, 0.25) is 0 Å². The molecule has 0 fully saturated rings. The summed E-state index contributed by atoms with van der Waals surface area (Å²) in [6.45, 7) is 3.67. The molecule has 0 aliphatic heterocycles. The highest BCUT2D eigenvalue weighted by molar-refractivity contribution is 5.99. The number of ether oxygens (including phenoxy) is 1. The van der Waals surface area contributed by atoms with Gasteiger partial charge in [0.05, 0.1) is 28.9 Å². The Hall–Kier alpha value is -2.93. The normalized spacial score (nSPS) is 12.3. The molecule has 0 saturated heterocycles. The molecule has 0 aliphatic rings. The first-order valence-corrected chi connectivity index (χ1v) is 7.55. The minimum absolute atomic E-state index is 0.182. The number of hydrogen-bond acceptors (Lipinski definition) is 5. The van der Waals surface area contributed by atoms with Gasteiger partial charge < -0.3 is 14.8 Å². The topological polar surface area (TPSA) is 96.7 Å². The van der Waals surface area contributed by atoms with Gasteiger partial charge >= 0.3 is 5.97 Å². The molecule has 0 aliphatic carbocycles. The van der Waals surface area contributed by atoms with Crippen molar-refractivity contribution < 1.29 is 14.6 Å². The number of carbonyl (C=O) groups is 1. The molecule has 3 rings (SSSR count). The molecule has 3 aromatic rings. The van der Waals surface area contributed by atoms with E-state index in [4.69, 9.17) is 4.74 Å². The van der Waals surface area contributed by atoms with E-state index in [1.54, 1.807) is 38.2 Å². The Kier molecular flexibility index (Phi) is 4.18. The van der Waals surface area contributed by atoms with E-state index in [1.165, 1.54) is 16.8 Å². The number of aromatic amines is 1. The lowest BCUT2D eigenvalue weighted by Crippen LogP contribution is -2.18. The van der Waals surface area contributed by atoms with Crippen LogP contribution in [-0.2, 0) is 4.74 Å². The van der Waals surface area contributed by atoms with E-state index in [9.17, 15) is 14.7 Å². The summed E-state index contributed by atoms with van der Waals surface area (Å²) in [5, 5.41) is 15.0. The average Bonchev–Trinajstić information content (AvgIpc) is 2.87. The van der Waals surface area contributed by atoms with E-state index < -0.39 is 17.6 Å². The van der Waals surface area contributed by atoms with Crippen LogP contribution in [0.2, 0.25) is 0 Å². The van der Waals surface area contributed by atoms with Gasteiger partial charge in [-0.15, -0.1) is 0 Å². The molecule has 2 N–H and O–H groups in total. The summed E-state index contributed by atoms with van der Waals surface area (Å²) in [5.41, 5.74) is 1.54. The van der Waals surface area contributed by atoms with Crippen molar-refractivity contribution in [3.05, 3.63) is 69.4 Å². The minimum atomic E-state index is -1.22. The second kappa shape index (κ2) is 6.29. The third-order valence-corrected chi connectivity index (χ3v) is 3.88. The van der Waals surface area contributed by atoms with Crippen molar-refractivity contribution in [2.45, 2.75) is 20.0 Å². The number of aromatic nitrogens is 3. The van der Waals surface area contributed by atoms with Crippen LogP contribution in [0.25, 0.3) is 5.52 Å². The number of pyridine rings is 1. The number of hydrogen-bond donors (Lipinski definition) is 2. The molecule has 3 aromatic heterocycles. The van der Waals surface area contributed by atoms with E-state index in [-0.39, 0.29) is 12.2 Å². The number of nitrogens with zero attached hydrogens (tertiary/aromatic N) is 2. The third-order valence-electron chi connectivity index (χ3n) is 3.88. The Balaban J connectivity index is 2.26. The predicted octanol–water partition coefficient (Wildman–Crippen LogP) is 1.59. The quantitative estimate of drug-likeness (QED) is 0.709. The first kappa shape index (κ1) is 15.9. The zero-order valence-electron chi connectivity index (χ0n) is 13.3. The lowest BCUT2D eigenvalue weighted by Gasteiger charge is -2.11. The zero-order chi connectivity index (χ0) is 17.3. The van der Waals surface area contributed by atoms with Crippen LogP contribution in [-0.4, -0.2) is 32.3 Å². The van der Waals surface area contributed by atoms with Crippen molar-refractivity contribution in [3.8, 4) is 0 Å². The summed E-state index contributed by atoms with van der Waals surface area (Å²) in [6, 6.07) is 6.58. The molecular weight excluding hydrogens is 310 g/mol. The van der Waals surface area contributed by atoms with Gasteiger partial charge in [-0.05, 0) is 43.7 Å². The van der Waals surface area contributed by atoms with Gasteiger partial charge in [0.25, 0.3) is 5.56 Å². The zero-order valence-corrected chi connectivity index (χ0v) is 13.3. The highest BCUT2D eigenvalue weighted by Gasteiger charge is 2.27. The van der Waals surface area contributed by atoms with E-state index in [0.717, 1.165) is 0 Å². The second-order valence-electron chi connectivity index (χ2n) is 5.28. The van der Waals surface area contributed by atoms with Crippen molar-refractivity contribution >= 4 is 11.5 Å². The van der Waals surface area contributed by atoms with Gasteiger partial charge in [-0.1, -0.05) is 0 Å². The molecule has 1 atom stereocenters. The summed E-state index contributed by atoms with van der Waals surface area (Å²) >= 11 is 0. The maximum absolute atomic E-state index is 12.3. The van der Waals surface area contributed by atoms with Crippen LogP contribution >= 0.6 is 0 Å². The smallest absolute Gasteiger partial charge is 0.340 e. The predicted molar refractivity (Wildman–Crippen MR) is 87.0 cm³/mol. The molecule has 7 heteroatoms. The van der Waals surface area contributed by atoms with Crippen LogP contribution in [0.3, 0.4) is 0 Å². The molecule has 7 nitrogen and oxygen atoms in total. The fourth-order valence-electron chi connectivity index (χ4n) is 2.81. The van der Waals surface area contributed by atoms with Crippen LogP contribution in [0.5, 0.6) is 0 Å². The third kappa shape index (κ3) is 2.48. The van der Waals surface area contributed by atoms with Gasteiger partial charge in [-0.2, -0.15) is 5.10 Å². The van der Waals surface area contributed by atoms with Crippen LogP contribution in [0.4, 0.5) is 0 Å². The largest absolute Gasteiger partial charge is 0.462 e. The lowest BCUT2D eigenvalue weighted by molar-refractivity contribution is 0.0528. The van der Waals surface area contributed by atoms with E-state index in [1.807, 2.05) is 0 Å². The molecule has 24 heavy (non-hydrogen) atoms. The van der Waals surface area contributed by atoms with Crippen molar-refractivity contribution in [2.24, 2.45) is 0 Å². The number of carbonyl (C=O) groups excluding carboxylic acids is 1. The van der Waals surface area contributed by atoms with Gasteiger partial charge in [0.15, 0.2) is 0 Å². The number of aliphatic hydroxyl groups is 1. The van der Waals surface area contributed by atoms with Crippen molar-refractivity contribution in [3.63, 3.8) is 0 Å². The summed E-state index contributed by atoms with van der Waals surface area (Å²) in [7, 11) is 0. The van der Waals surface area contributed by atoms with Crippen LogP contribution in [0, 0.1) is 6.92 Å². The second-order valence-corrected chi connectivity index (χ2v) is 5.28. The first-order valence-electron chi connectivity index (χ1n) is 7.55. The van der Waals surface area contributed by atoms with E-state index >= 15 is 0 Å². The fourth-order valence-corrected chi connectivity index (χ4v) is 2.81. The van der Waals surface area contributed by atoms with Gasteiger partial charge in [0, 0.05) is 12.4 Å². The highest BCUT2D eigenvalue weighted by atomic mass is 16.5. The van der Waals surface area contributed by atoms with Crippen LogP contribution in [0.1, 0.15) is 40.2 Å². The number of esters is 1. The molecule has 124 valence electrons. The standard InChI is InChI=1S/C17H17N3O4/c1-3-24-17(23)13-10(2)14(20-12(13)7-5-9-19-20)15(21)11-6-4-8-18-16(11)22/h4-9,15,21H,3H2,1-2H3,(H,18,22). The first-order chi connectivity index (χ1) is 11.6. The van der Waals surface area contributed by atoms with Gasteiger partial charge in [-0.3, -0.25) is 4.79 Å². The molecule has 0 amide bonds. The SMILES string of the molecule is CCOC(=O)c1c(C)c(C(O)c2ccc[nH]c2=O)n2ncccc12. The lowest BCUT2D eigenvalue weighted by atomic mass is 10.0. The molecule has 0 aromatic carbocycles. The molecular formula is C17H17N3O4. The minimum Gasteiger partial charge on any atom is -0.462 e. The summed E-state index contributed by atoms with van der Waals surface area (Å²) in [4.78, 5) is 26.8. The number of nitrogens with one attached hydrogen (secondary N) is 1. The highest BCUT2D eigenvalue weighted by Crippen LogP contribution is 2.30. The Morgan fingerprint density at radius 3 is 2.92 bits per heavy atom. The van der Waals surface area contributed by atoms with Crippen LogP contribution in [0.15, 0.2) is 41.5 Å². The average molecular weight is 327 g/mol. The van der Waals surface area contributed by atoms with E-state index in [2.05, 4.69) is 10.1 Å². The number of H-pyrrole nitrogens is 1. The Labute approximate surface area is 137 Å². The van der Waals surface area contributed by atoms with Crippen LogP contribution < -0.4 is 5.56 Å². The maximum atomic E-state index is 12.3. The summed E-state index contributed by atoms with van der Waals surface area (Å²) in [6.07, 6.45) is 1.82. The Morgan fingerprint density at radius 1 is 1.42 bits per heavy atom. The monoisotopic (exact) mass is 327 g/mol. The van der Waals surface area contributed by atoms with E-state index in [0.29, 0.717) is 22.3 Å². The Morgan fingerprint density at radius 2 is 2.21 bits per heavy atom. The molecule has 0 radical (unpaired) electrons. The van der Waals surface area contributed by atoms with Crippen molar-refractivity contribution in [1.82, 2.24) is 14.6 Å². The van der Waals surface area contributed by atoms with Crippen molar-refractivity contribution in [2.75, 3.05) is 6.61 Å². The fraction of sp³-hybridized carbons (Fsp3) is 0.235.